The molecule has 1 aromatic carbocycles. The quantitative estimate of drug-likeness (QED) is 0.911. The van der Waals surface area contributed by atoms with Crippen LogP contribution in [0.15, 0.2) is 30.6 Å². The number of halogens is 1. The van der Waals surface area contributed by atoms with Gasteiger partial charge >= 0.3 is 0 Å². The SMILES string of the molecule is CNc1nccnc1[C@H]1CN(C(=O)c2ccc(OC)c(F)c2)CCO1. The summed E-state index contributed by atoms with van der Waals surface area (Å²) < 4.78 is 24.5. The largest absolute Gasteiger partial charge is 0.494 e. The highest BCUT2D eigenvalue weighted by atomic mass is 19.1. The average Bonchev–Trinajstić information content (AvgIpc) is 2.67. The fraction of sp³-hybridized carbons (Fsp3) is 0.353. The zero-order chi connectivity index (χ0) is 17.8. The summed E-state index contributed by atoms with van der Waals surface area (Å²) in [5.41, 5.74) is 0.912. The Balaban J connectivity index is 1.79. The number of nitrogens with zero attached hydrogens (tertiary/aromatic N) is 3. The normalized spacial score (nSPS) is 17.2. The number of hydrogen-bond acceptors (Lipinski definition) is 6. The van der Waals surface area contributed by atoms with Gasteiger partial charge < -0.3 is 19.7 Å². The molecule has 1 aromatic heterocycles. The number of hydrogen-bond donors (Lipinski definition) is 1. The summed E-state index contributed by atoms with van der Waals surface area (Å²) in [4.78, 5) is 22.8. The van der Waals surface area contributed by atoms with Gasteiger partial charge in [-0.25, -0.2) is 9.37 Å². The molecule has 0 bridgehead atoms. The molecule has 0 saturated carbocycles. The summed E-state index contributed by atoms with van der Waals surface area (Å²) in [7, 11) is 3.13. The van der Waals surface area contributed by atoms with Crippen LogP contribution in [0, 0.1) is 5.82 Å². The number of carbonyl (C=O) groups is 1. The fourth-order valence-corrected chi connectivity index (χ4v) is 2.76. The van der Waals surface area contributed by atoms with E-state index in [9.17, 15) is 9.18 Å². The van der Waals surface area contributed by atoms with E-state index in [1.165, 1.54) is 19.2 Å². The third-order valence-electron chi connectivity index (χ3n) is 4.02. The van der Waals surface area contributed by atoms with Crippen LogP contribution in [0.4, 0.5) is 10.2 Å². The van der Waals surface area contributed by atoms with Crippen molar-refractivity contribution in [1.82, 2.24) is 14.9 Å². The molecule has 1 N–H and O–H groups in total. The van der Waals surface area contributed by atoms with Crippen LogP contribution in [-0.2, 0) is 4.74 Å². The standard InChI is InChI=1S/C17H19FN4O3/c1-19-16-15(20-5-6-21-16)14-10-22(7-8-25-14)17(23)11-3-4-13(24-2)12(18)9-11/h3-6,9,14H,7-8,10H2,1-2H3,(H,19,21)/t14-/m1/s1. The Hall–Kier alpha value is -2.74. The maximum atomic E-state index is 13.9. The van der Waals surface area contributed by atoms with E-state index in [0.717, 1.165) is 0 Å². The van der Waals surface area contributed by atoms with E-state index in [2.05, 4.69) is 15.3 Å². The van der Waals surface area contributed by atoms with Crippen molar-refractivity contribution < 1.29 is 18.7 Å². The zero-order valence-corrected chi connectivity index (χ0v) is 14.0. The van der Waals surface area contributed by atoms with Crippen molar-refractivity contribution in [2.24, 2.45) is 0 Å². The van der Waals surface area contributed by atoms with E-state index in [1.54, 1.807) is 30.4 Å². The van der Waals surface area contributed by atoms with Crippen molar-refractivity contribution in [1.29, 1.82) is 0 Å². The van der Waals surface area contributed by atoms with Crippen LogP contribution in [0.2, 0.25) is 0 Å². The van der Waals surface area contributed by atoms with E-state index < -0.39 is 11.9 Å². The molecule has 7 nitrogen and oxygen atoms in total. The highest BCUT2D eigenvalue weighted by molar-refractivity contribution is 5.94. The summed E-state index contributed by atoms with van der Waals surface area (Å²) in [6.07, 6.45) is 2.78. The van der Waals surface area contributed by atoms with Gasteiger partial charge in [-0.15, -0.1) is 0 Å². The van der Waals surface area contributed by atoms with Crippen LogP contribution in [-0.4, -0.2) is 54.6 Å². The number of ether oxygens (including phenoxy) is 2. The lowest BCUT2D eigenvalue weighted by Crippen LogP contribution is -2.42. The van der Waals surface area contributed by atoms with Gasteiger partial charge in [-0.3, -0.25) is 9.78 Å². The molecule has 0 radical (unpaired) electrons. The van der Waals surface area contributed by atoms with Gasteiger partial charge in [0, 0.05) is 31.5 Å². The van der Waals surface area contributed by atoms with Gasteiger partial charge in [-0.05, 0) is 18.2 Å². The van der Waals surface area contributed by atoms with E-state index in [1.807, 2.05) is 0 Å². The molecule has 1 aliphatic rings. The van der Waals surface area contributed by atoms with Gasteiger partial charge in [0.05, 0.1) is 20.3 Å². The first kappa shape index (κ1) is 17.1. The number of benzene rings is 1. The number of amides is 1. The molecule has 0 aliphatic carbocycles. The van der Waals surface area contributed by atoms with Crippen LogP contribution < -0.4 is 10.1 Å². The number of morpholine rings is 1. The molecule has 2 aromatic rings. The molecule has 1 atom stereocenters. The summed E-state index contributed by atoms with van der Waals surface area (Å²) in [6, 6.07) is 4.19. The van der Waals surface area contributed by atoms with Gasteiger partial charge in [0.1, 0.15) is 17.6 Å². The summed E-state index contributed by atoms with van der Waals surface area (Å²) in [5.74, 6) is -0.110. The molecule has 1 aliphatic heterocycles. The van der Waals surface area contributed by atoms with Crippen LogP contribution in [0.25, 0.3) is 0 Å². The number of aromatic nitrogens is 2. The predicted molar refractivity (Wildman–Crippen MR) is 89.1 cm³/mol. The molecule has 1 saturated heterocycles. The number of anilines is 1. The maximum Gasteiger partial charge on any atom is 0.254 e. The molecule has 0 unspecified atom stereocenters. The molecule has 1 amide bonds. The van der Waals surface area contributed by atoms with Crippen molar-refractivity contribution in [3.05, 3.63) is 47.7 Å². The second-order valence-corrected chi connectivity index (χ2v) is 5.50. The Morgan fingerprint density at radius 2 is 2.20 bits per heavy atom. The lowest BCUT2D eigenvalue weighted by Gasteiger charge is -2.33. The topological polar surface area (TPSA) is 76.6 Å². The third kappa shape index (κ3) is 3.53. The van der Waals surface area contributed by atoms with Crippen molar-refractivity contribution in [2.75, 3.05) is 39.2 Å². The van der Waals surface area contributed by atoms with Crippen LogP contribution in [0.3, 0.4) is 0 Å². The first-order chi connectivity index (χ1) is 12.1. The fourth-order valence-electron chi connectivity index (χ4n) is 2.76. The van der Waals surface area contributed by atoms with Crippen molar-refractivity contribution in [2.45, 2.75) is 6.10 Å². The Kier molecular flexibility index (Phi) is 5.08. The number of nitrogens with one attached hydrogen (secondary N) is 1. The smallest absolute Gasteiger partial charge is 0.254 e. The van der Waals surface area contributed by atoms with E-state index in [4.69, 9.17) is 9.47 Å². The second kappa shape index (κ2) is 7.43. The zero-order valence-electron chi connectivity index (χ0n) is 14.0. The molecule has 8 heteroatoms. The van der Waals surface area contributed by atoms with Crippen molar-refractivity contribution in [3.8, 4) is 5.75 Å². The van der Waals surface area contributed by atoms with Gasteiger partial charge in [-0.1, -0.05) is 0 Å². The third-order valence-corrected chi connectivity index (χ3v) is 4.02. The van der Waals surface area contributed by atoms with E-state index >= 15 is 0 Å². The number of methoxy groups -OCH3 is 1. The van der Waals surface area contributed by atoms with Crippen molar-refractivity contribution in [3.63, 3.8) is 0 Å². The van der Waals surface area contributed by atoms with E-state index in [-0.39, 0.29) is 17.2 Å². The maximum absolute atomic E-state index is 13.9. The monoisotopic (exact) mass is 346 g/mol. The summed E-state index contributed by atoms with van der Waals surface area (Å²) in [6.45, 7) is 1.12. The first-order valence-corrected chi connectivity index (χ1v) is 7.87. The number of carbonyl (C=O) groups excluding carboxylic acids is 1. The van der Waals surface area contributed by atoms with Gasteiger partial charge in [-0.2, -0.15) is 0 Å². The molecule has 3 rings (SSSR count). The van der Waals surface area contributed by atoms with Crippen LogP contribution in [0.5, 0.6) is 5.75 Å². The summed E-state index contributed by atoms with van der Waals surface area (Å²) >= 11 is 0. The highest BCUT2D eigenvalue weighted by Crippen LogP contribution is 2.26. The molecule has 1 fully saturated rings. The molecule has 2 heterocycles. The lowest BCUT2D eigenvalue weighted by molar-refractivity contribution is -0.0245. The molecule has 0 spiro atoms. The van der Waals surface area contributed by atoms with E-state index in [0.29, 0.717) is 31.2 Å². The molecule has 25 heavy (non-hydrogen) atoms. The molecular weight excluding hydrogens is 327 g/mol. The summed E-state index contributed by atoms with van der Waals surface area (Å²) in [5, 5.41) is 2.97. The lowest BCUT2D eigenvalue weighted by atomic mass is 10.1. The minimum absolute atomic E-state index is 0.106. The van der Waals surface area contributed by atoms with Gasteiger partial charge in [0.15, 0.2) is 11.6 Å². The second-order valence-electron chi connectivity index (χ2n) is 5.50. The number of rotatable bonds is 4. The van der Waals surface area contributed by atoms with Crippen LogP contribution in [0.1, 0.15) is 22.2 Å². The predicted octanol–water partition coefficient (Wildman–Crippen LogP) is 1.88. The van der Waals surface area contributed by atoms with Gasteiger partial charge in [0.2, 0.25) is 0 Å². The molecule has 132 valence electrons. The Morgan fingerprint density at radius 1 is 1.40 bits per heavy atom. The minimum atomic E-state index is -0.565. The Bertz CT molecular complexity index is 771. The first-order valence-electron chi connectivity index (χ1n) is 7.87. The van der Waals surface area contributed by atoms with Crippen LogP contribution >= 0.6 is 0 Å². The highest BCUT2D eigenvalue weighted by Gasteiger charge is 2.29. The Labute approximate surface area is 144 Å². The average molecular weight is 346 g/mol. The Morgan fingerprint density at radius 3 is 2.92 bits per heavy atom. The molecular formula is C17H19FN4O3. The van der Waals surface area contributed by atoms with Gasteiger partial charge in [0.25, 0.3) is 5.91 Å². The van der Waals surface area contributed by atoms with Crippen molar-refractivity contribution >= 4 is 11.7 Å². The minimum Gasteiger partial charge on any atom is -0.494 e.